The van der Waals surface area contributed by atoms with Crippen molar-refractivity contribution in [2.45, 2.75) is 13.1 Å². The Morgan fingerprint density at radius 2 is 1.72 bits per heavy atom. The fourth-order valence-corrected chi connectivity index (χ4v) is 3.34. The van der Waals surface area contributed by atoms with E-state index in [1.54, 1.807) is 42.5 Å². The summed E-state index contributed by atoms with van der Waals surface area (Å²) in [7, 11) is 1.60. The molecule has 2 N–H and O–H groups in total. The second-order valence-corrected chi connectivity index (χ2v) is 6.61. The van der Waals surface area contributed by atoms with Crippen LogP contribution in [0.3, 0.4) is 0 Å². The third-order valence-electron chi connectivity index (χ3n) is 4.66. The molecule has 7 heteroatoms. The van der Waals surface area contributed by atoms with Gasteiger partial charge >= 0.3 is 0 Å². The van der Waals surface area contributed by atoms with E-state index in [-0.39, 0.29) is 11.8 Å². The van der Waals surface area contributed by atoms with Gasteiger partial charge in [0, 0.05) is 30.2 Å². The molecular weight excluding hydrogens is 368 g/mol. The minimum absolute atomic E-state index is 0.120. The zero-order chi connectivity index (χ0) is 20.4. The Morgan fingerprint density at radius 3 is 2.38 bits per heavy atom. The third-order valence-corrected chi connectivity index (χ3v) is 4.66. The number of rotatable bonds is 5. The Balaban J connectivity index is 1.67. The fraction of sp³-hybridized carbons (Fsp3) is 0.136. The molecule has 0 saturated heterocycles. The minimum Gasteiger partial charge on any atom is -0.497 e. The first-order valence-electron chi connectivity index (χ1n) is 9.13. The summed E-state index contributed by atoms with van der Waals surface area (Å²) in [5, 5.41) is 6.12. The highest BCUT2D eigenvalue weighted by molar-refractivity contribution is 6.11. The van der Waals surface area contributed by atoms with E-state index >= 15 is 0 Å². The molecule has 3 aromatic rings. The molecule has 0 fully saturated rings. The maximum Gasteiger partial charge on any atom is 0.262 e. The van der Waals surface area contributed by atoms with Crippen molar-refractivity contribution in [3.8, 4) is 5.75 Å². The number of nitrogens with zero attached hydrogens (tertiary/aromatic N) is 2. The monoisotopic (exact) mass is 388 g/mol. The van der Waals surface area contributed by atoms with Gasteiger partial charge in [-0.05, 0) is 60.7 Å². The van der Waals surface area contributed by atoms with Crippen LogP contribution in [0.1, 0.15) is 29.1 Å². The first kappa shape index (κ1) is 18.5. The Hall–Kier alpha value is -3.87. The molecule has 2 aromatic carbocycles. The van der Waals surface area contributed by atoms with E-state index in [1.165, 1.54) is 6.92 Å². The van der Waals surface area contributed by atoms with Crippen LogP contribution in [0.4, 0.5) is 17.1 Å². The van der Waals surface area contributed by atoms with E-state index in [0.29, 0.717) is 22.7 Å². The van der Waals surface area contributed by atoms with E-state index in [2.05, 4.69) is 15.6 Å². The molecule has 2 amide bonds. The van der Waals surface area contributed by atoms with Crippen molar-refractivity contribution >= 4 is 28.9 Å². The average molecular weight is 388 g/mol. The molecule has 0 spiro atoms. The van der Waals surface area contributed by atoms with E-state index < -0.39 is 6.17 Å². The Kier molecular flexibility index (Phi) is 4.87. The molecule has 0 unspecified atom stereocenters. The van der Waals surface area contributed by atoms with Crippen LogP contribution in [-0.2, 0) is 4.79 Å². The second kappa shape index (κ2) is 7.63. The molecule has 0 saturated carbocycles. The number of anilines is 3. The zero-order valence-electron chi connectivity index (χ0n) is 16.0. The molecule has 4 rings (SSSR count). The highest BCUT2D eigenvalue weighted by atomic mass is 16.5. The van der Waals surface area contributed by atoms with Crippen molar-refractivity contribution in [2.75, 3.05) is 22.6 Å². The summed E-state index contributed by atoms with van der Waals surface area (Å²) < 4.78 is 5.22. The van der Waals surface area contributed by atoms with Gasteiger partial charge in [0.15, 0.2) is 6.17 Å². The van der Waals surface area contributed by atoms with Crippen LogP contribution >= 0.6 is 0 Å². The average Bonchev–Trinajstić information content (AvgIpc) is 3.01. The van der Waals surface area contributed by atoms with Gasteiger partial charge in [-0.15, -0.1) is 0 Å². The van der Waals surface area contributed by atoms with Crippen LogP contribution in [0.5, 0.6) is 5.75 Å². The molecule has 2 heterocycles. The number of hydrogen-bond acceptors (Lipinski definition) is 5. The number of amides is 2. The van der Waals surface area contributed by atoms with Gasteiger partial charge in [-0.3, -0.25) is 19.5 Å². The summed E-state index contributed by atoms with van der Waals surface area (Å²) in [5.41, 5.74) is 3.47. The van der Waals surface area contributed by atoms with Crippen molar-refractivity contribution in [3.63, 3.8) is 0 Å². The first-order chi connectivity index (χ1) is 14.1. The largest absolute Gasteiger partial charge is 0.497 e. The van der Waals surface area contributed by atoms with Gasteiger partial charge in [0.25, 0.3) is 5.91 Å². The quantitative estimate of drug-likeness (QED) is 0.694. The molecule has 29 heavy (non-hydrogen) atoms. The topological polar surface area (TPSA) is 83.6 Å². The van der Waals surface area contributed by atoms with Gasteiger partial charge in [0.05, 0.1) is 18.4 Å². The normalized spacial score (nSPS) is 15.0. The van der Waals surface area contributed by atoms with E-state index in [0.717, 1.165) is 11.4 Å². The lowest BCUT2D eigenvalue weighted by molar-refractivity contribution is -0.114. The van der Waals surface area contributed by atoms with Crippen molar-refractivity contribution in [1.82, 2.24) is 4.98 Å². The lowest BCUT2D eigenvalue weighted by Crippen LogP contribution is -2.32. The smallest absolute Gasteiger partial charge is 0.262 e. The fourth-order valence-electron chi connectivity index (χ4n) is 3.34. The minimum atomic E-state index is -0.460. The predicted octanol–water partition coefficient (Wildman–Crippen LogP) is 3.82. The number of nitrogens with one attached hydrogen (secondary N) is 2. The van der Waals surface area contributed by atoms with Crippen LogP contribution in [0.15, 0.2) is 66.9 Å². The summed E-state index contributed by atoms with van der Waals surface area (Å²) in [6.07, 6.45) is 1.22. The van der Waals surface area contributed by atoms with Gasteiger partial charge in [0.2, 0.25) is 5.91 Å². The number of fused-ring (bicyclic) bond motifs is 1. The number of pyridine rings is 1. The van der Waals surface area contributed by atoms with Crippen LogP contribution in [0.2, 0.25) is 0 Å². The van der Waals surface area contributed by atoms with Crippen LogP contribution in [0.25, 0.3) is 0 Å². The van der Waals surface area contributed by atoms with Gasteiger partial charge in [-0.1, -0.05) is 0 Å². The number of carbonyl (C=O) groups excluding carboxylic acids is 2. The number of ether oxygens (including phenoxy) is 1. The predicted molar refractivity (Wildman–Crippen MR) is 111 cm³/mol. The van der Waals surface area contributed by atoms with Crippen molar-refractivity contribution < 1.29 is 14.3 Å². The van der Waals surface area contributed by atoms with E-state index in [9.17, 15) is 9.59 Å². The molecule has 0 radical (unpaired) electrons. The molecular formula is C22H20N4O3. The summed E-state index contributed by atoms with van der Waals surface area (Å²) in [4.78, 5) is 30.4. The van der Waals surface area contributed by atoms with Crippen LogP contribution in [-0.4, -0.2) is 23.9 Å². The number of benzene rings is 2. The molecule has 0 aliphatic carbocycles. The Labute approximate surface area is 168 Å². The summed E-state index contributed by atoms with van der Waals surface area (Å²) in [6.45, 7) is 1.46. The first-order valence-corrected chi connectivity index (χ1v) is 9.13. The lowest BCUT2D eigenvalue weighted by Gasteiger charge is -2.26. The molecule has 7 nitrogen and oxygen atoms in total. The van der Waals surface area contributed by atoms with Crippen LogP contribution in [0, 0.1) is 0 Å². The third kappa shape index (κ3) is 3.62. The Morgan fingerprint density at radius 1 is 1.03 bits per heavy atom. The van der Waals surface area contributed by atoms with Crippen molar-refractivity contribution in [3.05, 3.63) is 78.1 Å². The van der Waals surface area contributed by atoms with Gasteiger partial charge < -0.3 is 15.4 Å². The van der Waals surface area contributed by atoms with E-state index in [4.69, 9.17) is 4.74 Å². The summed E-state index contributed by atoms with van der Waals surface area (Å²) >= 11 is 0. The highest BCUT2D eigenvalue weighted by Gasteiger charge is 2.39. The number of methoxy groups -OCH3 is 1. The van der Waals surface area contributed by atoms with E-state index in [1.807, 2.05) is 36.4 Å². The number of aromatic nitrogens is 1. The lowest BCUT2D eigenvalue weighted by atomic mass is 10.2. The molecule has 0 bridgehead atoms. The summed E-state index contributed by atoms with van der Waals surface area (Å²) in [5.74, 6) is 0.468. The zero-order valence-corrected chi connectivity index (χ0v) is 16.0. The molecule has 1 aliphatic rings. The van der Waals surface area contributed by atoms with Gasteiger partial charge in [-0.2, -0.15) is 0 Å². The molecule has 1 aliphatic heterocycles. The second-order valence-electron chi connectivity index (χ2n) is 6.61. The summed E-state index contributed by atoms with van der Waals surface area (Å²) in [6, 6.07) is 18.2. The maximum atomic E-state index is 13.1. The highest BCUT2D eigenvalue weighted by Crippen LogP contribution is 2.37. The van der Waals surface area contributed by atoms with Crippen molar-refractivity contribution in [2.24, 2.45) is 0 Å². The number of carbonyl (C=O) groups is 2. The SMILES string of the molecule is COc1ccc(N2C(=O)c3cccnc3[C@H]2Nc2ccc(NC(C)=O)cc2)cc1. The molecule has 146 valence electrons. The molecule has 1 atom stereocenters. The Bertz CT molecular complexity index is 1050. The van der Waals surface area contributed by atoms with Gasteiger partial charge in [0.1, 0.15) is 5.75 Å². The molecule has 1 aromatic heterocycles. The van der Waals surface area contributed by atoms with Crippen LogP contribution < -0.4 is 20.3 Å². The standard InChI is InChI=1S/C22H20N4O3/c1-14(27)24-15-5-7-16(8-6-15)25-21-20-19(4-3-13-23-20)22(28)26(21)17-9-11-18(29-2)12-10-17/h3-13,21,25H,1-2H3,(H,24,27)/t21-/m0/s1. The number of hydrogen-bond donors (Lipinski definition) is 2. The van der Waals surface area contributed by atoms with Crippen molar-refractivity contribution in [1.29, 1.82) is 0 Å². The van der Waals surface area contributed by atoms with Gasteiger partial charge in [-0.25, -0.2) is 0 Å². The maximum absolute atomic E-state index is 13.1.